The second kappa shape index (κ2) is 4.93. The van der Waals surface area contributed by atoms with Crippen molar-refractivity contribution in [3.05, 3.63) is 18.0 Å². The van der Waals surface area contributed by atoms with Crippen LogP contribution in [0.25, 0.3) is 0 Å². The fourth-order valence-electron chi connectivity index (χ4n) is 4.29. The largest absolute Gasteiger partial charge is 0.396 e. The molecule has 3 nitrogen and oxygen atoms in total. The van der Waals surface area contributed by atoms with Crippen LogP contribution in [0.15, 0.2) is 12.3 Å². The van der Waals surface area contributed by atoms with Crippen LogP contribution in [0.1, 0.15) is 57.7 Å². The van der Waals surface area contributed by atoms with E-state index in [1.165, 1.54) is 31.4 Å². The van der Waals surface area contributed by atoms with E-state index in [9.17, 15) is 5.11 Å². The molecule has 4 unspecified atom stereocenters. The van der Waals surface area contributed by atoms with Crippen molar-refractivity contribution in [2.45, 2.75) is 58.4 Å². The maximum atomic E-state index is 9.93. The minimum absolute atomic E-state index is 0.136. The zero-order valence-electron chi connectivity index (χ0n) is 12.2. The first-order valence-electron chi connectivity index (χ1n) is 7.82. The summed E-state index contributed by atoms with van der Waals surface area (Å²) in [6, 6.07) is 2.62. The summed E-state index contributed by atoms with van der Waals surface area (Å²) in [7, 11) is 0. The maximum absolute atomic E-state index is 9.93. The third kappa shape index (κ3) is 2.22. The van der Waals surface area contributed by atoms with E-state index in [0.717, 1.165) is 24.7 Å². The van der Waals surface area contributed by atoms with Crippen LogP contribution < -0.4 is 0 Å². The molecule has 1 aromatic rings. The maximum Gasteiger partial charge on any atom is 0.0631 e. The smallest absolute Gasteiger partial charge is 0.0631 e. The Morgan fingerprint density at radius 2 is 2.37 bits per heavy atom. The topological polar surface area (TPSA) is 38.0 Å². The number of hydrogen-bond donors (Lipinski definition) is 1. The van der Waals surface area contributed by atoms with Crippen molar-refractivity contribution in [3.63, 3.8) is 0 Å². The van der Waals surface area contributed by atoms with Gasteiger partial charge in [-0.3, -0.25) is 4.68 Å². The van der Waals surface area contributed by atoms with E-state index in [4.69, 9.17) is 5.10 Å². The summed E-state index contributed by atoms with van der Waals surface area (Å²) in [4.78, 5) is 0. The predicted molar refractivity (Wildman–Crippen MR) is 75.9 cm³/mol. The molecular weight excluding hydrogens is 236 g/mol. The van der Waals surface area contributed by atoms with Crippen LogP contribution in [0.5, 0.6) is 0 Å². The van der Waals surface area contributed by atoms with E-state index >= 15 is 0 Å². The number of nitrogens with zero attached hydrogens (tertiary/aromatic N) is 2. The van der Waals surface area contributed by atoms with E-state index in [2.05, 4.69) is 30.8 Å². The van der Waals surface area contributed by atoms with Crippen LogP contribution in [0.2, 0.25) is 0 Å². The Bertz CT molecular complexity index is 442. The summed E-state index contributed by atoms with van der Waals surface area (Å²) in [6.07, 6.45) is 9.43. The van der Waals surface area contributed by atoms with E-state index in [1.54, 1.807) is 0 Å². The zero-order valence-corrected chi connectivity index (χ0v) is 12.2. The molecule has 3 rings (SSSR count). The molecule has 1 heterocycles. The second-order valence-electron chi connectivity index (χ2n) is 6.82. The first-order chi connectivity index (χ1) is 9.16. The van der Waals surface area contributed by atoms with Gasteiger partial charge in [-0.1, -0.05) is 13.3 Å². The Morgan fingerprint density at radius 3 is 2.95 bits per heavy atom. The van der Waals surface area contributed by atoms with Gasteiger partial charge in [-0.2, -0.15) is 5.10 Å². The average Bonchev–Trinajstić information content (AvgIpc) is 3.13. The number of aromatic nitrogens is 2. The lowest BCUT2D eigenvalue weighted by atomic mass is 9.71. The molecule has 1 aromatic heterocycles. The summed E-state index contributed by atoms with van der Waals surface area (Å²) in [6.45, 7) is 4.73. The highest BCUT2D eigenvalue weighted by molar-refractivity contribution is 5.09. The molecule has 106 valence electrons. The molecule has 0 aliphatic heterocycles. The van der Waals surface area contributed by atoms with Crippen LogP contribution >= 0.6 is 0 Å². The summed E-state index contributed by atoms with van der Waals surface area (Å²) in [5.74, 6) is 1.60. The van der Waals surface area contributed by atoms with Gasteiger partial charge in [0.25, 0.3) is 0 Å². The van der Waals surface area contributed by atoms with Gasteiger partial charge in [0, 0.05) is 24.3 Å². The van der Waals surface area contributed by atoms with Gasteiger partial charge in [-0.25, -0.2) is 0 Å². The second-order valence-corrected chi connectivity index (χ2v) is 6.82. The van der Waals surface area contributed by atoms with Gasteiger partial charge < -0.3 is 5.11 Å². The van der Waals surface area contributed by atoms with Crippen molar-refractivity contribution in [2.24, 2.45) is 17.3 Å². The van der Waals surface area contributed by atoms with Gasteiger partial charge in [0.05, 0.1) is 5.69 Å². The minimum Gasteiger partial charge on any atom is -0.396 e. The summed E-state index contributed by atoms with van der Waals surface area (Å²) < 4.78 is 2.08. The number of hydrogen-bond acceptors (Lipinski definition) is 2. The fraction of sp³-hybridized carbons (Fsp3) is 0.812. The normalized spacial score (nSPS) is 34.9. The number of aliphatic hydroxyl groups is 1. The van der Waals surface area contributed by atoms with Gasteiger partial charge in [0.1, 0.15) is 0 Å². The number of rotatable bonds is 5. The van der Waals surface area contributed by atoms with Crippen molar-refractivity contribution in [1.29, 1.82) is 0 Å². The van der Waals surface area contributed by atoms with Gasteiger partial charge in [0.2, 0.25) is 0 Å². The SMILES string of the molecule is CCC(C)n1ccc(CC2(CO)CC3CCC2C3)n1. The van der Waals surface area contributed by atoms with E-state index < -0.39 is 0 Å². The summed E-state index contributed by atoms with van der Waals surface area (Å²) in [5, 5.41) is 14.7. The molecule has 0 amide bonds. The molecule has 2 saturated carbocycles. The van der Waals surface area contributed by atoms with Crippen molar-refractivity contribution >= 4 is 0 Å². The van der Waals surface area contributed by atoms with Gasteiger partial charge in [-0.15, -0.1) is 0 Å². The third-order valence-electron chi connectivity index (χ3n) is 5.66. The van der Waals surface area contributed by atoms with Gasteiger partial charge in [0.15, 0.2) is 0 Å². The molecular formula is C16H26N2O. The van der Waals surface area contributed by atoms with Crippen molar-refractivity contribution in [2.75, 3.05) is 6.61 Å². The molecule has 4 atom stereocenters. The van der Waals surface area contributed by atoms with Crippen LogP contribution in [0.4, 0.5) is 0 Å². The molecule has 1 N–H and O–H groups in total. The Hall–Kier alpha value is -0.830. The molecule has 0 saturated heterocycles. The fourth-order valence-corrected chi connectivity index (χ4v) is 4.29. The molecule has 2 bridgehead atoms. The molecule has 0 spiro atoms. The highest BCUT2D eigenvalue weighted by atomic mass is 16.3. The van der Waals surface area contributed by atoms with Crippen LogP contribution in [0, 0.1) is 17.3 Å². The lowest BCUT2D eigenvalue weighted by Crippen LogP contribution is -2.34. The first-order valence-corrected chi connectivity index (χ1v) is 7.82. The molecule has 2 fully saturated rings. The zero-order chi connectivity index (χ0) is 13.5. The minimum atomic E-state index is 0.136. The van der Waals surface area contributed by atoms with Crippen LogP contribution in [-0.4, -0.2) is 21.5 Å². The van der Waals surface area contributed by atoms with Gasteiger partial charge >= 0.3 is 0 Å². The summed E-state index contributed by atoms with van der Waals surface area (Å²) >= 11 is 0. The monoisotopic (exact) mass is 262 g/mol. The highest BCUT2D eigenvalue weighted by Gasteiger charge is 2.50. The van der Waals surface area contributed by atoms with E-state index in [1.807, 2.05) is 0 Å². The van der Waals surface area contributed by atoms with Crippen molar-refractivity contribution in [1.82, 2.24) is 9.78 Å². The van der Waals surface area contributed by atoms with Crippen molar-refractivity contribution in [3.8, 4) is 0 Å². The predicted octanol–water partition coefficient (Wildman–Crippen LogP) is 3.20. The number of aliphatic hydroxyl groups excluding tert-OH is 1. The Labute approximate surface area is 116 Å². The van der Waals surface area contributed by atoms with Gasteiger partial charge in [-0.05, 0) is 56.9 Å². The van der Waals surface area contributed by atoms with E-state index in [-0.39, 0.29) is 5.41 Å². The molecule has 3 heteroatoms. The first kappa shape index (κ1) is 13.2. The lowest BCUT2D eigenvalue weighted by Gasteiger charge is -2.35. The molecule has 0 aromatic carbocycles. The molecule has 19 heavy (non-hydrogen) atoms. The van der Waals surface area contributed by atoms with Crippen molar-refractivity contribution < 1.29 is 5.11 Å². The Kier molecular flexibility index (Phi) is 3.42. The third-order valence-corrected chi connectivity index (χ3v) is 5.66. The number of fused-ring (bicyclic) bond motifs is 2. The summed E-state index contributed by atoms with van der Waals surface area (Å²) in [5.41, 5.74) is 1.30. The Balaban J connectivity index is 1.75. The average molecular weight is 262 g/mol. The molecule has 0 radical (unpaired) electrons. The van der Waals surface area contributed by atoms with Crippen LogP contribution in [-0.2, 0) is 6.42 Å². The molecule has 2 aliphatic carbocycles. The Morgan fingerprint density at radius 1 is 1.53 bits per heavy atom. The lowest BCUT2D eigenvalue weighted by molar-refractivity contribution is 0.0640. The van der Waals surface area contributed by atoms with Crippen LogP contribution in [0.3, 0.4) is 0 Å². The van der Waals surface area contributed by atoms with E-state index in [0.29, 0.717) is 12.6 Å². The quantitative estimate of drug-likeness (QED) is 0.885. The standard InChI is InChI=1S/C16H26N2O/c1-3-12(2)18-7-6-15(17-18)10-16(11-19)9-13-4-5-14(16)8-13/h6-7,12-14,19H,3-5,8-11H2,1-2H3. The highest BCUT2D eigenvalue weighted by Crippen LogP contribution is 2.56. The molecule has 2 aliphatic rings.